The van der Waals surface area contributed by atoms with E-state index in [2.05, 4.69) is 20.2 Å². The molecule has 2 aliphatic rings. The van der Waals surface area contributed by atoms with Gasteiger partial charge in [-0.05, 0) is 24.3 Å². The quantitative estimate of drug-likeness (QED) is 0.462. The molecule has 5 rings (SSSR count). The predicted molar refractivity (Wildman–Crippen MR) is 137 cm³/mol. The summed E-state index contributed by atoms with van der Waals surface area (Å²) in [5.41, 5.74) is 1.29. The van der Waals surface area contributed by atoms with Crippen LogP contribution in [0, 0.1) is 0 Å². The fraction of sp³-hybridized carbons (Fsp3) is 0.462. The first-order valence-corrected chi connectivity index (χ1v) is 12.5. The number of hydrogen-bond donors (Lipinski definition) is 1. The standard InChI is InChI=1S/C26H32N6O5/c1-34-14-11-31-12-15-36-19(17-31)7-13-37-21-6-5-20-22(23(21)35-2)29-26(32-10-9-28-24(20)32)30-25(33)18-4-3-8-27-16-18/h3-6,8,16,19,28H,7,9-15,17H2,1-2H3. The number of anilines is 1. The molecule has 2 aromatic heterocycles. The molecule has 3 aromatic rings. The number of carbonyl (C=O) groups is 1. The molecule has 2 aliphatic heterocycles. The summed E-state index contributed by atoms with van der Waals surface area (Å²) in [6, 6.07) is 7.24. The maximum absolute atomic E-state index is 12.8. The second-order valence-corrected chi connectivity index (χ2v) is 8.91. The number of morpholine rings is 1. The fourth-order valence-electron chi connectivity index (χ4n) is 4.67. The molecular formula is C26H32N6O5. The van der Waals surface area contributed by atoms with Gasteiger partial charge in [0.2, 0.25) is 5.62 Å². The molecule has 1 amide bonds. The van der Waals surface area contributed by atoms with Crippen LogP contribution in [-0.4, -0.2) is 91.7 Å². The van der Waals surface area contributed by atoms with E-state index >= 15 is 0 Å². The first-order valence-electron chi connectivity index (χ1n) is 12.5. The van der Waals surface area contributed by atoms with Gasteiger partial charge in [-0.1, -0.05) is 0 Å². The minimum Gasteiger partial charge on any atom is -0.491 e. The van der Waals surface area contributed by atoms with Crippen LogP contribution in [0.3, 0.4) is 0 Å². The van der Waals surface area contributed by atoms with Gasteiger partial charge in [-0.2, -0.15) is 4.99 Å². The lowest BCUT2D eigenvalue weighted by Gasteiger charge is -2.32. The smallest absolute Gasteiger partial charge is 0.281 e. The first-order chi connectivity index (χ1) is 18.2. The van der Waals surface area contributed by atoms with Gasteiger partial charge in [0.15, 0.2) is 11.5 Å². The molecule has 11 heteroatoms. The van der Waals surface area contributed by atoms with E-state index in [1.54, 1.807) is 32.5 Å². The number of amides is 1. The number of nitrogens with zero attached hydrogens (tertiary/aromatic N) is 5. The Morgan fingerprint density at radius 1 is 1.24 bits per heavy atom. The lowest BCUT2D eigenvalue weighted by atomic mass is 10.2. The zero-order valence-electron chi connectivity index (χ0n) is 21.2. The molecule has 0 aliphatic carbocycles. The van der Waals surface area contributed by atoms with Crippen molar-refractivity contribution in [2.45, 2.75) is 19.1 Å². The summed E-state index contributed by atoms with van der Waals surface area (Å²) in [5, 5.41) is 4.26. The average Bonchev–Trinajstić information content (AvgIpc) is 3.43. The molecule has 0 spiro atoms. The maximum atomic E-state index is 12.8. The van der Waals surface area contributed by atoms with Crippen molar-refractivity contribution in [2.24, 2.45) is 4.99 Å². The third kappa shape index (κ3) is 5.58. The molecule has 37 heavy (non-hydrogen) atoms. The molecule has 1 atom stereocenters. The molecule has 1 N–H and O–H groups in total. The molecule has 1 unspecified atom stereocenters. The highest BCUT2D eigenvalue weighted by atomic mass is 16.5. The largest absolute Gasteiger partial charge is 0.491 e. The van der Waals surface area contributed by atoms with Crippen molar-refractivity contribution in [2.75, 3.05) is 65.5 Å². The highest BCUT2D eigenvalue weighted by Gasteiger charge is 2.23. The number of ether oxygens (including phenoxy) is 4. The van der Waals surface area contributed by atoms with E-state index < -0.39 is 5.91 Å². The summed E-state index contributed by atoms with van der Waals surface area (Å²) in [6.45, 7) is 5.93. The van der Waals surface area contributed by atoms with Crippen LogP contribution in [0.1, 0.15) is 16.8 Å². The summed E-state index contributed by atoms with van der Waals surface area (Å²) < 4.78 is 24.9. The van der Waals surface area contributed by atoms with Gasteiger partial charge in [0.05, 0.1) is 38.6 Å². The van der Waals surface area contributed by atoms with Crippen LogP contribution < -0.4 is 20.4 Å². The van der Waals surface area contributed by atoms with E-state index in [1.807, 2.05) is 16.7 Å². The van der Waals surface area contributed by atoms with E-state index in [0.29, 0.717) is 61.1 Å². The van der Waals surface area contributed by atoms with Gasteiger partial charge in [-0.15, -0.1) is 0 Å². The van der Waals surface area contributed by atoms with Gasteiger partial charge in [-0.3, -0.25) is 19.2 Å². The number of benzene rings is 1. The molecule has 1 saturated heterocycles. The van der Waals surface area contributed by atoms with Gasteiger partial charge in [0, 0.05) is 64.0 Å². The van der Waals surface area contributed by atoms with E-state index in [9.17, 15) is 4.79 Å². The number of hydrogen-bond acceptors (Lipinski definition) is 9. The number of pyridine rings is 1. The van der Waals surface area contributed by atoms with Gasteiger partial charge in [0.1, 0.15) is 11.3 Å². The molecule has 4 heterocycles. The monoisotopic (exact) mass is 508 g/mol. The molecule has 1 aromatic carbocycles. The van der Waals surface area contributed by atoms with Crippen LogP contribution in [0.2, 0.25) is 0 Å². The van der Waals surface area contributed by atoms with Crippen LogP contribution in [0.25, 0.3) is 10.9 Å². The van der Waals surface area contributed by atoms with E-state index in [4.69, 9.17) is 23.9 Å². The number of rotatable bonds is 9. The Hall–Kier alpha value is -3.54. The maximum Gasteiger partial charge on any atom is 0.281 e. The van der Waals surface area contributed by atoms with Gasteiger partial charge < -0.3 is 24.3 Å². The van der Waals surface area contributed by atoms with Crippen molar-refractivity contribution in [3.63, 3.8) is 0 Å². The second-order valence-electron chi connectivity index (χ2n) is 8.91. The Balaban J connectivity index is 1.39. The number of nitrogens with one attached hydrogen (secondary N) is 1. The summed E-state index contributed by atoms with van der Waals surface area (Å²) in [4.78, 5) is 28.2. The van der Waals surface area contributed by atoms with Crippen molar-refractivity contribution >= 4 is 22.6 Å². The summed E-state index contributed by atoms with van der Waals surface area (Å²) >= 11 is 0. The van der Waals surface area contributed by atoms with Gasteiger partial charge in [0.25, 0.3) is 5.91 Å². The van der Waals surface area contributed by atoms with E-state index in [0.717, 1.165) is 37.3 Å². The molecule has 0 bridgehead atoms. The summed E-state index contributed by atoms with van der Waals surface area (Å²) in [6.07, 6.45) is 3.96. The lowest BCUT2D eigenvalue weighted by molar-refractivity contribution is -0.0417. The summed E-state index contributed by atoms with van der Waals surface area (Å²) in [7, 11) is 3.31. The predicted octanol–water partition coefficient (Wildman–Crippen LogP) is 1.72. The fourth-order valence-corrected chi connectivity index (χ4v) is 4.67. The average molecular weight is 509 g/mol. The number of methoxy groups -OCH3 is 2. The first kappa shape index (κ1) is 25.1. The van der Waals surface area contributed by atoms with Gasteiger partial charge in [-0.25, -0.2) is 4.98 Å². The topological polar surface area (TPSA) is 112 Å². The van der Waals surface area contributed by atoms with E-state index in [1.165, 1.54) is 6.20 Å². The Bertz CT molecular complexity index is 1310. The molecule has 196 valence electrons. The third-order valence-corrected chi connectivity index (χ3v) is 6.55. The SMILES string of the molecule is COCCN1CCOC(CCOc2ccc3c4n(c(=NC(=O)c5cccnc5)nc3c2OC)CCN4)C1. The van der Waals surface area contributed by atoms with E-state index in [-0.39, 0.29) is 6.10 Å². The third-order valence-electron chi connectivity index (χ3n) is 6.55. The highest BCUT2D eigenvalue weighted by Crippen LogP contribution is 2.37. The van der Waals surface area contributed by atoms with Crippen molar-refractivity contribution in [3.05, 3.63) is 47.8 Å². The second kappa shape index (κ2) is 11.7. The molecule has 0 radical (unpaired) electrons. The van der Waals surface area contributed by atoms with Crippen molar-refractivity contribution in [1.82, 2.24) is 19.4 Å². The molecular weight excluding hydrogens is 476 g/mol. The van der Waals surface area contributed by atoms with Gasteiger partial charge >= 0.3 is 0 Å². The van der Waals surface area contributed by atoms with Crippen LogP contribution >= 0.6 is 0 Å². The molecule has 1 fully saturated rings. The van der Waals surface area contributed by atoms with Crippen LogP contribution in [0.4, 0.5) is 5.82 Å². The number of fused-ring (bicyclic) bond motifs is 3. The summed E-state index contributed by atoms with van der Waals surface area (Å²) in [5.74, 6) is 1.53. The van der Waals surface area contributed by atoms with Crippen LogP contribution in [0.5, 0.6) is 11.5 Å². The molecule has 0 saturated carbocycles. The minimum atomic E-state index is -0.403. The van der Waals surface area contributed by atoms with Crippen LogP contribution in [0.15, 0.2) is 41.7 Å². The Morgan fingerprint density at radius 2 is 2.16 bits per heavy atom. The Morgan fingerprint density at radius 3 is 2.97 bits per heavy atom. The minimum absolute atomic E-state index is 0.0999. The Labute approximate surface area is 215 Å². The normalized spacial score (nSPS) is 18.0. The lowest BCUT2D eigenvalue weighted by Crippen LogP contribution is -2.44. The van der Waals surface area contributed by atoms with Crippen molar-refractivity contribution < 1.29 is 23.7 Å². The zero-order chi connectivity index (χ0) is 25.6. The highest BCUT2D eigenvalue weighted by molar-refractivity contribution is 5.96. The Kier molecular flexibility index (Phi) is 7.93. The number of aromatic nitrogens is 3. The zero-order valence-corrected chi connectivity index (χ0v) is 21.2. The molecule has 11 nitrogen and oxygen atoms in total. The van der Waals surface area contributed by atoms with Crippen molar-refractivity contribution in [1.29, 1.82) is 0 Å². The van der Waals surface area contributed by atoms with Crippen LogP contribution in [-0.2, 0) is 16.0 Å². The number of carbonyl (C=O) groups excluding carboxylic acids is 1. The van der Waals surface area contributed by atoms with Crippen molar-refractivity contribution in [3.8, 4) is 11.5 Å².